The summed E-state index contributed by atoms with van der Waals surface area (Å²) in [7, 11) is 2.92. The number of hydrogen-bond donors (Lipinski definition) is 0. The van der Waals surface area contributed by atoms with Gasteiger partial charge in [0, 0.05) is 5.56 Å². The number of carbonyl (C=O) groups excluding carboxylic acids is 2. The third-order valence-corrected chi connectivity index (χ3v) is 4.03. The van der Waals surface area contributed by atoms with E-state index >= 15 is 0 Å². The van der Waals surface area contributed by atoms with Crippen LogP contribution in [0.3, 0.4) is 0 Å². The summed E-state index contributed by atoms with van der Waals surface area (Å²) in [5.74, 6) is -0.200. The maximum Gasteiger partial charge on any atom is 0.342 e. The quantitative estimate of drug-likeness (QED) is 0.577. The van der Waals surface area contributed by atoms with Crippen molar-refractivity contribution in [3.63, 3.8) is 0 Å². The molecule has 0 aliphatic rings. The van der Waals surface area contributed by atoms with Crippen molar-refractivity contribution in [3.05, 3.63) is 59.2 Å². The Morgan fingerprint density at radius 1 is 0.923 bits per heavy atom. The molecule has 2 aromatic carbocycles. The SMILES string of the molecule is COc1cccc(C(=O)OCC(=O)c2ccc(C(C)(C)C)cc2)c1OC. The van der Waals surface area contributed by atoms with Gasteiger partial charge in [0.25, 0.3) is 0 Å². The molecule has 5 nitrogen and oxygen atoms in total. The van der Waals surface area contributed by atoms with Gasteiger partial charge in [-0.15, -0.1) is 0 Å². The summed E-state index contributed by atoms with van der Waals surface area (Å²) < 4.78 is 15.5. The van der Waals surface area contributed by atoms with E-state index in [9.17, 15) is 9.59 Å². The minimum Gasteiger partial charge on any atom is -0.493 e. The smallest absolute Gasteiger partial charge is 0.342 e. The van der Waals surface area contributed by atoms with Crippen LogP contribution in [0, 0.1) is 0 Å². The first-order valence-electron chi connectivity index (χ1n) is 8.29. The van der Waals surface area contributed by atoms with Crippen LogP contribution in [0.2, 0.25) is 0 Å². The van der Waals surface area contributed by atoms with Gasteiger partial charge in [-0.3, -0.25) is 4.79 Å². The molecule has 0 saturated heterocycles. The van der Waals surface area contributed by atoms with Gasteiger partial charge in [-0.2, -0.15) is 0 Å². The number of esters is 1. The summed E-state index contributed by atoms with van der Waals surface area (Å²) in [5.41, 5.74) is 1.86. The largest absolute Gasteiger partial charge is 0.493 e. The molecular formula is C21H24O5. The topological polar surface area (TPSA) is 61.8 Å². The first-order valence-corrected chi connectivity index (χ1v) is 8.29. The molecule has 0 radical (unpaired) electrons. The van der Waals surface area contributed by atoms with E-state index in [-0.39, 0.29) is 29.1 Å². The molecule has 0 bridgehead atoms. The van der Waals surface area contributed by atoms with E-state index in [1.807, 2.05) is 12.1 Å². The molecule has 2 aromatic rings. The lowest BCUT2D eigenvalue weighted by Crippen LogP contribution is -2.16. The maximum atomic E-state index is 12.3. The highest BCUT2D eigenvalue weighted by atomic mass is 16.5. The van der Waals surface area contributed by atoms with Crippen LogP contribution in [0.25, 0.3) is 0 Å². The summed E-state index contributed by atoms with van der Waals surface area (Å²) >= 11 is 0. The Balaban J connectivity index is 2.07. The van der Waals surface area contributed by atoms with Gasteiger partial charge in [0.1, 0.15) is 5.56 Å². The van der Waals surface area contributed by atoms with Crippen LogP contribution < -0.4 is 9.47 Å². The standard InChI is InChI=1S/C21H24O5/c1-21(2,3)15-11-9-14(10-12-15)17(22)13-26-20(23)16-7-6-8-18(24-4)19(16)25-5/h6-12H,13H2,1-5H3. The number of hydrogen-bond acceptors (Lipinski definition) is 5. The van der Waals surface area contributed by atoms with Gasteiger partial charge in [-0.25, -0.2) is 4.79 Å². The Kier molecular flexibility index (Phi) is 6.03. The van der Waals surface area contributed by atoms with Crippen LogP contribution in [-0.2, 0) is 10.2 Å². The summed E-state index contributed by atoms with van der Waals surface area (Å²) in [6.07, 6.45) is 0. The second-order valence-corrected chi connectivity index (χ2v) is 6.87. The zero-order chi connectivity index (χ0) is 19.3. The minimum absolute atomic E-state index is 0.0109. The zero-order valence-corrected chi connectivity index (χ0v) is 15.8. The van der Waals surface area contributed by atoms with E-state index in [0.29, 0.717) is 11.3 Å². The highest BCUT2D eigenvalue weighted by Gasteiger charge is 2.19. The number of carbonyl (C=O) groups is 2. The van der Waals surface area contributed by atoms with E-state index < -0.39 is 5.97 Å². The molecule has 0 aromatic heterocycles. The van der Waals surface area contributed by atoms with Gasteiger partial charge in [0.2, 0.25) is 0 Å². The van der Waals surface area contributed by atoms with E-state index in [4.69, 9.17) is 14.2 Å². The molecule has 0 spiro atoms. The van der Waals surface area contributed by atoms with Crippen molar-refractivity contribution in [1.82, 2.24) is 0 Å². The Morgan fingerprint density at radius 2 is 1.58 bits per heavy atom. The number of ether oxygens (including phenoxy) is 3. The normalized spacial score (nSPS) is 11.0. The molecule has 0 aliphatic carbocycles. The summed E-state index contributed by atoms with van der Waals surface area (Å²) in [5, 5.41) is 0. The lowest BCUT2D eigenvalue weighted by atomic mass is 9.86. The predicted molar refractivity (Wildman–Crippen MR) is 99.3 cm³/mol. The minimum atomic E-state index is -0.639. The zero-order valence-electron chi connectivity index (χ0n) is 15.8. The molecule has 26 heavy (non-hydrogen) atoms. The van der Waals surface area contributed by atoms with Gasteiger partial charge >= 0.3 is 5.97 Å². The van der Waals surface area contributed by atoms with Gasteiger partial charge in [-0.1, -0.05) is 51.1 Å². The molecule has 0 aliphatic heterocycles. The predicted octanol–water partition coefficient (Wildman–Crippen LogP) is 4.04. The maximum absolute atomic E-state index is 12.3. The van der Waals surface area contributed by atoms with Crippen molar-refractivity contribution in [1.29, 1.82) is 0 Å². The molecule has 138 valence electrons. The molecule has 0 N–H and O–H groups in total. The summed E-state index contributed by atoms with van der Waals surface area (Å²) in [6, 6.07) is 12.2. The monoisotopic (exact) mass is 356 g/mol. The fraction of sp³-hybridized carbons (Fsp3) is 0.333. The summed E-state index contributed by atoms with van der Waals surface area (Å²) in [4.78, 5) is 24.6. The average molecular weight is 356 g/mol. The number of rotatable bonds is 6. The van der Waals surface area contributed by atoms with E-state index in [1.54, 1.807) is 30.3 Å². The lowest BCUT2D eigenvalue weighted by Gasteiger charge is -2.19. The first-order chi connectivity index (χ1) is 12.3. The Morgan fingerprint density at radius 3 is 2.12 bits per heavy atom. The average Bonchev–Trinajstić information content (AvgIpc) is 2.64. The van der Waals surface area contributed by atoms with Crippen LogP contribution in [0.4, 0.5) is 0 Å². The highest BCUT2D eigenvalue weighted by molar-refractivity contribution is 6.00. The summed E-state index contributed by atoms with van der Waals surface area (Å²) in [6.45, 7) is 5.97. The third kappa shape index (κ3) is 4.42. The molecule has 0 heterocycles. The molecule has 2 rings (SSSR count). The number of para-hydroxylation sites is 1. The van der Waals surface area contributed by atoms with E-state index in [0.717, 1.165) is 5.56 Å². The third-order valence-electron chi connectivity index (χ3n) is 4.03. The highest BCUT2D eigenvalue weighted by Crippen LogP contribution is 2.31. The van der Waals surface area contributed by atoms with Crippen molar-refractivity contribution < 1.29 is 23.8 Å². The number of Topliss-reactive ketones (excluding diaryl/α,β-unsaturated/α-hetero) is 1. The second kappa shape index (κ2) is 8.04. The van der Waals surface area contributed by atoms with Crippen LogP contribution in [0.1, 0.15) is 47.1 Å². The fourth-order valence-corrected chi connectivity index (χ4v) is 2.50. The molecule has 0 amide bonds. The van der Waals surface area contributed by atoms with Gasteiger partial charge in [0.05, 0.1) is 14.2 Å². The first kappa shape index (κ1) is 19.5. The van der Waals surface area contributed by atoms with Crippen LogP contribution in [0.5, 0.6) is 11.5 Å². The van der Waals surface area contributed by atoms with Gasteiger partial charge < -0.3 is 14.2 Å². The molecule has 0 atom stereocenters. The van der Waals surface area contributed by atoms with Crippen molar-refractivity contribution in [2.24, 2.45) is 0 Å². The van der Waals surface area contributed by atoms with Crippen molar-refractivity contribution in [2.75, 3.05) is 20.8 Å². The number of ketones is 1. The Bertz CT molecular complexity index is 785. The second-order valence-electron chi connectivity index (χ2n) is 6.87. The fourth-order valence-electron chi connectivity index (χ4n) is 2.50. The Hall–Kier alpha value is -2.82. The van der Waals surface area contributed by atoms with Crippen molar-refractivity contribution >= 4 is 11.8 Å². The molecule has 0 fully saturated rings. The molecular weight excluding hydrogens is 332 g/mol. The molecule has 0 unspecified atom stereocenters. The number of benzene rings is 2. The molecule has 0 saturated carbocycles. The van der Waals surface area contributed by atoms with Gasteiger partial charge in [-0.05, 0) is 23.1 Å². The Labute approximate surface area is 153 Å². The number of methoxy groups -OCH3 is 2. The van der Waals surface area contributed by atoms with Crippen LogP contribution >= 0.6 is 0 Å². The molecule has 5 heteroatoms. The van der Waals surface area contributed by atoms with Gasteiger partial charge in [0.15, 0.2) is 23.9 Å². The lowest BCUT2D eigenvalue weighted by molar-refractivity contribution is 0.0471. The van der Waals surface area contributed by atoms with E-state index in [2.05, 4.69) is 20.8 Å². The van der Waals surface area contributed by atoms with Crippen molar-refractivity contribution in [3.8, 4) is 11.5 Å². The van der Waals surface area contributed by atoms with Crippen molar-refractivity contribution in [2.45, 2.75) is 26.2 Å². The van der Waals surface area contributed by atoms with Crippen LogP contribution in [0.15, 0.2) is 42.5 Å². The van der Waals surface area contributed by atoms with Crippen LogP contribution in [-0.4, -0.2) is 32.6 Å². The van der Waals surface area contributed by atoms with E-state index in [1.165, 1.54) is 14.2 Å².